The molecule has 3 rings (SSSR count). The van der Waals surface area contributed by atoms with E-state index in [2.05, 4.69) is 9.80 Å². The summed E-state index contributed by atoms with van der Waals surface area (Å²) in [6, 6.07) is 7.94. The Hall–Kier alpha value is -1.92. The minimum absolute atomic E-state index is 0.145. The Labute approximate surface area is 168 Å². The van der Waals surface area contributed by atoms with Crippen molar-refractivity contribution in [3.63, 3.8) is 0 Å². The molecule has 0 bridgehead atoms. The minimum Gasteiger partial charge on any atom is -0.375 e. The largest absolute Gasteiger partial charge is 0.375 e. The van der Waals surface area contributed by atoms with Crippen LogP contribution in [0.4, 0.5) is 0 Å². The highest BCUT2D eigenvalue weighted by Gasteiger charge is 2.33. The van der Waals surface area contributed by atoms with E-state index >= 15 is 0 Å². The molecule has 0 radical (unpaired) electrons. The number of ether oxygens (including phenoxy) is 1. The number of likely N-dealkylation sites (tertiary alicyclic amines) is 2. The van der Waals surface area contributed by atoms with Crippen LogP contribution in [-0.4, -0.2) is 61.0 Å². The van der Waals surface area contributed by atoms with Gasteiger partial charge in [-0.3, -0.25) is 14.5 Å². The molecule has 2 fully saturated rings. The van der Waals surface area contributed by atoms with Crippen molar-refractivity contribution in [2.45, 2.75) is 51.1 Å². The third-order valence-electron chi connectivity index (χ3n) is 6.21. The average molecular weight is 388 g/mol. The molecule has 0 spiro atoms. The molecule has 2 aliphatic rings. The number of carbonyl (C=O) groups is 2. The summed E-state index contributed by atoms with van der Waals surface area (Å²) < 4.78 is 5.11. The van der Waals surface area contributed by atoms with Crippen LogP contribution in [0.2, 0.25) is 0 Å². The summed E-state index contributed by atoms with van der Waals surface area (Å²) in [4.78, 5) is 28.3. The van der Waals surface area contributed by atoms with Gasteiger partial charge in [0.15, 0.2) is 0 Å². The Kier molecular flexibility index (Phi) is 7.45. The maximum atomic E-state index is 12.5. The number of hydrogen-bond acceptors (Lipinski definition) is 4. The van der Waals surface area contributed by atoms with Gasteiger partial charge in [-0.15, -0.1) is 0 Å². The van der Waals surface area contributed by atoms with Gasteiger partial charge in [0, 0.05) is 31.8 Å². The van der Waals surface area contributed by atoms with Crippen LogP contribution in [0.25, 0.3) is 0 Å². The van der Waals surface area contributed by atoms with Gasteiger partial charge in [-0.2, -0.15) is 0 Å². The summed E-state index contributed by atoms with van der Waals surface area (Å²) in [6.07, 6.45) is 6.91. The molecule has 1 aromatic rings. The predicted molar refractivity (Wildman–Crippen MR) is 109 cm³/mol. The van der Waals surface area contributed by atoms with Gasteiger partial charge in [0.25, 0.3) is 0 Å². The van der Waals surface area contributed by atoms with Gasteiger partial charge in [-0.05, 0) is 62.4 Å². The zero-order valence-corrected chi connectivity index (χ0v) is 16.9. The smallest absolute Gasteiger partial charge is 0.248 e. The van der Waals surface area contributed by atoms with Gasteiger partial charge in [-0.1, -0.05) is 25.0 Å². The number of primary amides is 1. The topological polar surface area (TPSA) is 75.9 Å². The number of methoxy groups -OCH3 is 1. The molecule has 1 aromatic carbocycles. The van der Waals surface area contributed by atoms with Crippen molar-refractivity contribution in [3.05, 3.63) is 35.4 Å². The Balaban J connectivity index is 1.55. The first-order valence-electron chi connectivity index (χ1n) is 10.5. The Morgan fingerprint density at radius 1 is 1.04 bits per heavy atom. The third kappa shape index (κ3) is 5.32. The average Bonchev–Trinajstić information content (AvgIpc) is 2.95. The molecular formula is C22H33N3O3. The fraction of sp³-hybridized carbons (Fsp3) is 0.636. The van der Waals surface area contributed by atoms with E-state index in [1.54, 1.807) is 19.2 Å². The lowest BCUT2D eigenvalue weighted by atomic mass is 9.86. The van der Waals surface area contributed by atoms with E-state index in [0.29, 0.717) is 17.5 Å². The van der Waals surface area contributed by atoms with Gasteiger partial charge in [0.2, 0.25) is 11.8 Å². The van der Waals surface area contributed by atoms with Crippen LogP contribution in [-0.2, 0) is 16.1 Å². The lowest BCUT2D eigenvalue weighted by Gasteiger charge is -2.40. The molecule has 2 amide bonds. The van der Waals surface area contributed by atoms with Crippen LogP contribution in [0.1, 0.15) is 54.4 Å². The molecule has 1 unspecified atom stereocenters. The van der Waals surface area contributed by atoms with E-state index in [4.69, 9.17) is 10.5 Å². The SMILES string of the molecule is COCC(=O)N1CCCCCC1C1CCN(Cc2ccc(C(N)=O)cc2)CC1. The second-order valence-corrected chi connectivity index (χ2v) is 8.11. The molecule has 2 heterocycles. The number of piperidine rings is 1. The first-order valence-corrected chi connectivity index (χ1v) is 10.5. The molecule has 28 heavy (non-hydrogen) atoms. The van der Waals surface area contributed by atoms with E-state index < -0.39 is 0 Å². The van der Waals surface area contributed by atoms with E-state index in [1.165, 1.54) is 18.4 Å². The van der Waals surface area contributed by atoms with Crippen molar-refractivity contribution in [3.8, 4) is 0 Å². The van der Waals surface area contributed by atoms with Crippen LogP contribution in [0.5, 0.6) is 0 Å². The van der Waals surface area contributed by atoms with Crippen molar-refractivity contribution < 1.29 is 14.3 Å². The maximum absolute atomic E-state index is 12.5. The van der Waals surface area contributed by atoms with Crippen LogP contribution >= 0.6 is 0 Å². The first kappa shape index (κ1) is 20.8. The van der Waals surface area contributed by atoms with Crippen molar-refractivity contribution in [2.75, 3.05) is 33.4 Å². The molecule has 6 nitrogen and oxygen atoms in total. The van der Waals surface area contributed by atoms with Crippen LogP contribution in [0, 0.1) is 5.92 Å². The van der Waals surface area contributed by atoms with Gasteiger partial charge < -0.3 is 15.4 Å². The summed E-state index contributed by atoms with van der Waals surface area (Å²) in [5.41, 5.74) is 7.07. The van der Waals surface area contributed by atoms with Crippen LogP contribution in [0.15, 0.2) is 24.3 Å². The van der Waals surface area contributed by atoms with E-state index in [9.17, 15) is 9.59 Å². The number of hydrogen-bond donors (Lipinski definition) is 1. The number of nitrogens with two attached hydrogens (primary N) is 1. The van der Waals surface area contributed by atoms with Crippen molar-refractivity contribution >= 4 is 11.8 Å². The summed E-state index contributed by atoms with van der Waals surface area (Å²) in [7, 11) is 1.60. The molecule has 0 saturated carbocycles. The van der Waals surface area contributed by atoms with Gasteiger partial charge >= 0.3 is 0 Å². The van der Waals surface area contributed by atoms with E-state index in [1.807, 2.05) is 12.1 Å². The zero-order valence-electron chi connectivity index (χ0n) is 16.9. The summed E-state index contributed by atoms with van der Waals surface area (Å²) in [5.74, 6) is 0.335. The number of nitrogens with zero attached hydrogens (tertiary/aromatic N) is 2. The van der Waals surface area contributed by atoms with Crippen LogP contribution in [0.3, 0.4) is 0 Å². The van der Waals surface area contributed by atoms with E-state index in [0.717, 1.165) is 51.9 Å². The fourth-order valence-corrected chi connectivity index (χ4v) is 4.67. The Morgan fingerprint density at radius 3 is 2.39 bits per heavy atom. The highest BCUT2D eigenvalue weighted by atomic mass is 16.5. The van der Waals surface area contributed by atoms with Gasteiger partial charge in [0.1, 0.15) is 6.61 Å². The van der Waals surface area contributed by atoms with Gasteiger partial charge in [0.05, 0.1) is 0 Å². The third-order valence-corrected chi connectivity index (χ3v) is 6.21. The van der Waals surface area contributed by atoms with Gasteiger partial charge in [-0.25, -0.2) is 0 Å². The lowest BCUT2D eigenvalue weighted by Crippen LogP contribution is -2.48. The minimum atomic E-state index is -0.386. The molecule has 0 aliphatic carbocycles. The first-order chi connectivity index (χ1) is 13.6. The van der Waals surface area contributed by atoms with Crippen LogP contribution < -0.4 is 5.73 Å². The number of rotatable bonds is 6. The molecule has 2 aliphatic heterocycles. The van der Waals surface area contributed by atoms with Crippen molar-refractivity contribution in [1.29, 1.82) is 0 Å². The normalized spacial score (nSPS) is 22.0. The summed E-state index contributed by atoms with van der Waals surface area (Å²) in [6.45, 7) is 4.05. The maximum Gasteiger partial charge on any atom is 0.248 e. The zero-order chi connectivity index (χ0) is 19.9. The number of amides is 2. The second-order valence-electron chi connectivity index (χ2n) is 8.11. The summed E-state index contributed by atoms with van der Waals surface area (Å²) in [5, 5.41) is 0. The Morgan fingerprint density at radius 2 is 1.75 bits per heavy atom. The standard InChI is InChI=1S/C22H33N3O3/c1-28-16-21(26)25-12-4-2-3-5-20(25)18-10-13-24(14-11-18)15-17-6-8-19(9-7-17)22(23)27/h6-9,18,20H,2-5,10-16H2,1H3,(H2,23,27). The fourth-order valence-electron chi connectivity index (χ4n) is 4.67. The molecule has 1 atom stereocenters. The molecule has 6 heteroatoms. The highest BCUT2D eigenvalue weighted by molar-refractivity contribution is 5.92. The summed E-state index contributed by atoms with van der Waals surface area (Å²) >= 11 is 0. The molecule has 2 N–H and O–H groups in total. The molecule has 0 aromatic heterocycles. The molecular weight excluding hydrogens is 354 g/mol. The van der Waals surface area contributed by atoms with Crippen molar-refractivity contribution in [2.24, 2.45) is 11.7 Å². The Bertz CT molecular complexity index is 653. The molecule has 154 valence electrons. The number of benzene rings is 1. The van der Waals surface area contributed by atoms with E-state index in [-0.39, 0.29) is 18.4 Å². The second kappa shape index (κ2) is 10.0. The quantitative estimate of drug-likeness (QED) is 0.813. The monoisotopic (exact) mass is 387 g/mol. The predicted octanol–water partition coefficient (Wildman–Crippen LogP) is 2.42. The van der Waals surface area contributed by atoms with Crippen molar-refractivity contribution in [1.82, 2.24) is 9.80 Å². The highest BCUT2D eigenvalue weighted by Crippen LogP contribution is 2.30. The molecule has 2 saturated heterocycles. The number of carbonyl (C=O) groups excluding carboxylic acids is 2. The lowest BCUT2D eigenvalue weighted by molar-refractivity contribution is -0.139.